The van der Waals surface area contributed by atoms with Gasteiger partial charge in [0.1, 0.15) is 5.75 Å². The molecule has 3 rings (SSSR count). The number of aryl methyl sites for hydroxylation is 1. The summed E-state index contributed by atoms with van der Waals surface area (Å²) in [5, 5.41) is 0. The highest BCUT2D eigenvalue weighted by Crippen LogP contribution is 2.37. The van der Waals surface area contributed by atoms with Gasteiger partial charge in [-0.05, 0) is 50.0 Å². The number of likely N-dealkylation sites (tertiary alicyclic amines) is 1. The molecule has 0 aliphatic carbocycles. The maximum Gasteiger partial charge on any atom is 0.122 e. The van der Waals surface area contributed by atoms with Gasteiger partial charge in [-0.1, -0.05) is 6.07 Å². The van der Waals surface area contributed by atoms with Crippen LogP contribution in [-0.2, 0) is 11.2 Å². The van der Waals surface area contributed by atoms with E-state index in [2.05, 4.69) is 24.0 Å². The molecule has 1 saturated heterocycles. The molecule has 1 aromatic carbocycles. The van der Waals surface area contributed by atoms with Crippen LogP contribution < -0.4 is 10.5 Å². The molecule has 1 fully saturated rings. The number of nitrogens with zero attached hydrogens (tertiary/aromatic N) is 1. The van der Waals surface area contributed by atoms with Crippen LogP contribution in [0.2, 0.25) is 0 Å². The summed E-state index contributed by atoms with van der Waals surface area (Å²) in [7, 11) is 1.74. The third kappa shape index (κ3) is 4.31. The molecule has 0 radical (unpaired) electrons. The number of rotatable bonds is 4. The summed E-state index contributed by atoms with van der Waals surface area (Å²) >= 11 is 0. The van der Waals surface area contributed by atoms with Crippen LogP contribution in [0.4, 0.5) is 0 Å². The molecule has 0 bridgehead atoms. The molecule has 2 heterocycles. The Balaban J connectivity index is 0.00000132. The van der Waals surface area contributed by atoms with E-state index >= 15 is 0 Å². The second-order valence-electron chi connectivity index (χ2n) is 6.17. The SMILES string of the molecule is COc1ccc(C)c2c1C[C@@H](CN1CCCC1)O[C@H]2CN.Cl.Cl. The van der Waals surface area contributed by atoms with Crippen LogP contribution in [0.5, 0.6) is 5.75 Å². The Morgan fingerprint density at radius 2 is 1.96 bits per heavy atom. The van der Waals surface area contributed by atoms with Gasteiger partial charge < -0.3 is 20.1 Å². The Morgan fingerprint density at radius 1 is 1.26 bits per heavy atom. The van der Waals surface area contributed by atoms with E-state index < -0.39 is 0 Å². The lowest BCUT2D eigenvalue weighted by Crippen LogP contribution is -2.39. The number of methoxy groups -OCH3 is 1. The molecule has 23 heavy (non-hydrogen) atoms. The predicted octanol–water partition coefficient (Wildman–Crippen LogP) is 2.88. The van der Waals surface area contributed by atoms with E-state index in [0.717, 1.165) is 18.7 Å². The monoisotopic (exact) mass is 362 g/mol. The first-order chi connectivity index (χ1) is 10.2. The first kappa shape index (κ1) is 20.5. The van der Waals surface area contributed by atoms with Crippen molar-refractivity contribution < 1.29 is 9.47 Å². The van der Waals surface area contributed by atoms with Crippen molar-refractivity contribution in [3.8, 4) is 5.75 Å². The van der Waals surface area contributed by atoms with Crippen molar-refractivity contribution in [1.82, 2.24) is 4.90 Å². The van der Waals surface area contributed by atoms with E-state index in [9.17, 15) is 0 Å². The number of hydrogen-bond donors (Lipinski definition) is 1. The van der Waals surface area contributed by atoms with Crippen LogP contribution in [0.1, 0.15) is 35.6 Å². The third-order valence-electron chi connectivity index (χ3n) is 4.74. The average molecular weight is 363 g/mol. The van der Waals surface area contributed by atoms with Crippen molar-refractivity contribution in [2.24, 2.45) is 5.73 Å². The van der Waals surface area contributed by atoms with Crippen molar-refractivity contribution in [2.45, 2.75) is 38.4 Å². The fourth-order valence-corrected chi connectivity index (χ4v) is 3.72. The Hall–Kier alpha value is -0.520. The molecule has 0 unspecified atom stereocenters. The van der Waals surface area contributed by atoms with Crippen LogP contribution in [-0.4, -0.2) is 44.3 Å². The van der Waals surface area contributed by atoms with Crippen LogP contribution in [0.15, 0.2) is 12.1 Å². The van der Waals surface area contributed by atoms with Gasteiger partial charge >= 0.3 is 0 Å². The summed E-state index contributed by atoms with van der Waals surface area (Å²) in [6, 6.07) is 4.17. The maximum atomic E-state index is 6.28. The summed E-state index contributed by atoms with van der Waals surface area (Å²) in [5.74, 6) is 0.976. The minimum atomic E-state index is -0.00328. The third-order valence-corrected chi connectivity index (χ3v) is 4.74. The van der Waals surface area contributed by atoms with Crippen molar-refractivity contribution in [3.05, 3.63) is 28.8 Å². The van der Waals surface area contributed by atoms with E-state index in [1.807, 2.05) is 0 Å². The smallest absolute Gasteiger partial charge is 0.122 e. The summed E-state index contributed by atoms with van der Waals surface area (Å²) in [5.41, 5.74) is 9.76. The van der Waals surface area contributed by atoms with Crippen LogP contribution in [0.3, 0.4) is 0 Å². The quantitative estimate of drug-likeness (QED) is 0.894. The summed E-state index contributed by atoms with van der Waals surface area (Å²) in [6.07, 6.45) is 3.77. The minimum absolute atomic E-state index is 0. The van der Waals surface area contributed by atoms with Crippen molar-refractivity contribution in [2.75, 3.05) is 33.3 Å². The lowest BCUT2D eigenvalue weighted by molar-refractivity contribution is -0.0350. The van der Waals surface area contributed by atoms with Gasteiger partial charge in [-0.15, -0.1) is 24.8 Å². The van der Waals surface area contributed by atoms with Gasteiger partial charge in [-0.3, -0.25) is 0 Å². The van der Waals surface area contributed by atoms with Gasteiger partial charge in [-0.2, -0.15) is 0 Å². The van der Waals surface area contributed by atoms with Gasteiger partial charge in [0.25, 0.3) is 0 Å². The Bertz CT molecular complexity index is 508. The molecular formula is C17H28Cl2N2O2. The molecular weight excluding hydrogens is 335 g/mol. The zero-order chi connectivity index (χ0) is 14.8. The maximum absolute atomic E-state index is 6.28. The Labute approximate surface area is 151 Å². The molecule has 2 N–H and O–H groups in total. The second kappa shape index (κ2) is 9.09. The van der Waals surface area contributed by atoms with Gasteiger partial charge in [0.15, 0.2) is 0 Å². The summed E-state index contributed by atoms with van der Waals surface area (Å²) < 4.78 is 11.9. The number of nitrogens with two attached hydrogens (primary N) is 1. The van der Waals surface area contributed by atoms with Gasteiger partial charge in [-0.25, -0.2) is 0 Å². The Kier molecular flexibility index (Phi) is 8.11. The molecule has 4 nitrogen and oxygen atoms in total. The molecule has 0 amide bonds. The zero-order valence-corrected chi connectivity index (χ0v) is 15.5. The van der Waals surface area contributed by atoms with Crippen molar-refractivity contribution >= 4 is 24.8 Å². The first-order valence-corrected chi connectivity index (χ1v) is 7.97. The lowest BCUT2D eigenvalue weighted by atomic mass is 9.89. The first-order valence-electron chi connectivity index (χ1n) is 7.97. The molecule has 2 atom stereocenters. The van der Waals surface area contributed by atoms with Gasteiger partial charge in [0.05, 0.1) is 19.3 Å². The van der Waals surface area contributed by atoms with E-state index in [1.165, 1.54) is 42.6 Å². The van der Waals surface area contributed by atoms with E-state index in [0.29, 0.717) is 6.54 Å². The highest BCUT2D eigenvalue weighted by molar-refractivity contribution is 5.85. The predicted molar refractivity (Wildman–Crippen MR) is 98.3 cm³/mol. The standard InChI is InChI=1S/C17H26N2O2.2ClH/c1-12-5-6-15(20-2)14-9-13(11-19-7-3-4-8-19)21-16(10-18)17(12)14;;/h5-6,13,16H,3-4,7-11,18H2,1-2H3;2*1H/t13-,16-;;/m0../s1. The minimum Gasteiger partial charge on any atom is -0.496 e. The van der Waals surface area contributed by atoms with Crippen molar-refractivity contribution in [3.63, 3.8) is 0 Å². The van der Waals surface area contributed by atoms with E-state index in [4.69, 9.17) is 15.2 Å². The molecule has 2 aliphatic rings. The molecule has 0 aromatic heterocycles. The summed E-state index contributed by atoms with van der Waals surface area (Å²) in [4.78, 5) is 2.51. The topological polar surface area (TPSA) is 47.7 Å². The number of benzene rings is 1. The summed E-state index contributed by atoms with van der Waals surface area (Å²) in [6.45, 7) is 6.06. The molecule has 132 valence electrons. The lowest BCUT2D eigenvalue weighted by Gasteiger charge is -2.35. The van der Waals surface area contributed by atoms with Gasteiger partial charge in [0.2, 0.25) is 0 Å². The number of hydrogen-bond acceptors (Lipinski definition) is 4. The highest BCUT2D eigenvalue weighted by Gasteiger charge is 2.31. The molecule has 2 aliphatic heterocycles. The normalized spacial score (nSPS) is 23.6. The zero-order valence-electron chi connectivity index (χ0n) is 13.9. The van der Waals surface area contributed by atoms with Crippen LogP contribution in [0, 0.1) is 6.92 Å². The molecule has 6 heteroatoms. The molecule has 1 aromatic rings. The number of halogens is 2. The molecule has 0 saturated carbocycles. The van der Waals surface area contributed by atoms with E-state index in [1.54, 1.807) is 7.11 Å². The van der Waals surface area contributed by atoms with Crippen LogP contribution in [0.25, 0.3) is 0 Å². The second-order valence-corrected chi connectivity index (χ2v) is 6.17. The fourth-order valence-electron chi connectivity index (χ4n) is 3.72. The van der Waals surface area contributed by atoms with Crippen molar-refractivity contribution in [1.29, 1.82) is 0 Å². The Morgan fingerprint density at radius 3 is 2.57 bits per heavy atom. The average Bonchev–Trinajstić information content (AvgIpc) is 2.99. The number of fused-ring (bicyclic) bond motifs is 1. The van der Waals surface area contributed by atoms with Crippen LogP contribution >= 0.6 is 24.8 Å². The van der Waals surface area contributed by atoms with E-state index in [-0.39, 0.29) is 37.0 Å². The largest absolute Gasteiger partial charge is 0.496 e. The molecule has 0 spiro atoms. The van der Waals surface area contributed by atoms with Gasteiger partial charge in [0, 0.05) is 25.1 Å². The fraction of sp³-hybridized carbons (Fsp3) is 0.647. The number of ether oxygens (including phenoxy) is 2. The highest BCUT2D eigenvalue weighted by atomic mass is 35.5.